The molecule has 1 nitrogen and oxygen atoms in total. The zero-order valence-corrected chi connectivity index (χ0v) is 7.18. The van der Waals surface area contributed by atoms with Crippen molar-refractivity contribution in [3.05, 3.63) is 12.7 Å². The molecule has 0 N–H and O–H groups in total. The number of ketones is 1. The van der Waals surface area contributed by atoms with Gasteiger partial charge in [0.2, 0.25) is 0 Å². The fourth-order valence-corrected chi connectivity index (χ4v) is 1.74. The minimum atomic E-state index is 0.324. The molecule has 0 amide bonds. The van der Waals surface area contributed by atoms with Crippen LogP contribution in [-0.2, 0) is 4.79 Å². The average Bonchev–Trinajstić information content (AvgIpc) is 2.31. The number of Topliss-reactive ketones (excluding diaryl/α,β-unsaturated/α-hetero) is 1. The molecule has 2 atom stereocenters. The Kier molecular flexibility index (Phi) is 2.86. The first kappa shape index (κ1) is 8.51. The van der Waals surface area contributed by atoms with Crippen molar-refractivity contribution >= 4 is 5.78 Å². The first-order valence-electron chi connectivity index (χ1n) is 4.40. The van der Waals surface area contributed by atoms with Gasteiger partial charge in [0.15, 0.2) is 0 Å². The Balaban J connectivity index is 2.36. The zero-order valence-electron chi connectivity index (χ0n) is 7.18. The Morgan fingerprint density at radius 1 is 1.64 bits per heavy atom. The van der Waals surface area contributed by atoms with E-state index in [1.54, 1.807) is 0 Å². The van der Waals surface area contributed by atoms with Crippen molar-refractivity contribution in [2.75, 3.05) is 0 Å². The Morgan fingerprint density at radius 3 is 2.82 bits per heavy atom. The molecular formula is C10H16O. The van der Waals surface area contributed by atoms with E-state index in [1.165, 1.54) is 0 Å². The van der Waals surface area contributed by atoms with Gasteiger partial charge in [0.25, 0.3) is 0 Å². The van der Waals surface area contributed by atoms with Crippen LogP contribution in [0.2, 0.25) is 0 Å². The second-order valence-corrected chi connectivity index (χ2v) is 3.44. The maximum absolute atomic E-state index is 11.4. The molecule has 1 aliphatic rings. The lowest BCUT2D eigenvalue weighted by molar-refractivity contribution is -0.123. The van der Waals surface area contributed by atoms with Gasteiger partial charge in [-0.3, -0.25) is 4.79 Å². The van der Waals surface area contributed by atoms with E-state index in [9.17, 15) is 4.79 Å². The van der Waals surface area contributed by atoms with Crippen LogP contribution in [0.15, 0.2) is 12.7 Å². The van der Waals surface area contributed by atoms with Gasteiger partial charge >= 0.3 is 0 Å². The minimum absolute atomic E-state index is 0.324. The van der Waals surface area contributed by atoms with E-state index in [4.69, 9.17) is 0 Å². The first-order chi connectivity index (χ1) is 5.25. The summed E-state index contributed by atoms with van der Waals surface area (Å²) in [6, 6.07) is 0. The molecule has 1 aliphatic carbocycles. The molecule has 0 aromatic rings. The lowest BCUT2D eigenvalue weighted by Gasteiger charge is -2.04. The Labute approximate surface area is 68.5 Å². The van der Waals surface area contributed by atoms with Gasteiger partial charge in [0.05, 0.1) is 0 Å². The molecule has 0 bridgehead atoms. The zero-order chi connectivity index (χ0) is 8.27. The molecule has 1 fully saturated rings. The molecule has 1 rings (SSSR count). The van der Waals surface area contributed by atoms with Gasteiger partial charge in [-0.05, 0) is 25.7 Å². The largest absolute Gasteiger partial charge is 0.299 e. The molecule has 0 aliphatic heterocycles. The van der Waals surface area contributed by atoms with E-state index >= 15 is 0 Å². The molecule has 0 saturated heterocycles. The van der Waals surface area contributed by atoms with Crippen molar-refractivity contribution in [2.45, 2.75) is 32.6 Å². The topological polar surface area (TPSA) is 17.1 Å². The fraction of sp³-hybridized carbons (Fsp3) is 0.700. The molecule has 0 unspecified atom stereocenters. The Morgan fingerprint density at radius 2 is 2.36 bits per heavy atom. The second kappa shape index (κ2) is 3.70. The molecule has 0 aromatic heterocycles. The fourth-order valence-electron chi connectivity index (χ4n) is 1.74. The summed E-state index contributed by atoms with van der Waals surface area (Å²) in [7, 11) is 0. The van der Waals surface area contributed by atoms with E-state index < -0.39 is 0 Å². The summed E-state index contributed by atoms with van der Waals surface area (Å²) in [6.07, 6.45) is 6.11. The van der Waals surface area contributed by atoms with Gasteiger partial charge in [-0.25, -0.2) is 0 Å². The molecule has 0 aromatic carbocycles. The molecule has 1 saturated carbocycles. The third-order valence-electron chi connectivity index (χ3n) is 2.56. The van der Waals surface area contributed by atoms with Crippen LogP contribution in [0.5, 0.6) is 0 Å². The quantitative estimate of drug-likeness (QED) is 0.568. The number of carbonyl (C=O) groups is 1. The summed E-state index contributed by atoms with van der Waals surface area (Å²) < 4.78 is 0. The predicted molar refractivity (Wildman–Crippen MR) is 46.3 cm³/mol. The number of rotatable bonds is 3. The van der Waals surface area contributed by atoms with Crippen molar-refractivity contribution in [1.29, 1.82) is 0 Å². The third kappa shape index (κ3) is 1.92. The highest BCUT2D eigenvalue weighted by Crippen LogP contribution is 2.29. The van der Waals surface area contributed by atoms with E-state index in [-0.39, 0.29) is 0 Å². The first-order valence-corrected chi connectivity index (χ1v) is 4.40. The number of allylic oxidation sites excluding steroid dienone is 1. The molecule has 1 heteroatoms. The highest BCUT2D eigenvalue weighted by Gasteiger charge is 2.29. The predicted octanol–water partition coefficient (Wildman–Crippen LogP) is 2.57. The highest BCUT2D eigenvalue weighted by atomic mass is 16.1. The maximum Gasteiger partial charge on any atom is 0.138 e. The van der Waals surface area contributed by atoms with Gasteiger partial charge in [0, 0.05) is 11.8 Å². The van der Waals surface area contributed by atoms with Crippen LogP contribution in [0.4, 0.5) is 0 Å². The van der Waals surface area contributed by atoms with Crippen LogP contribution in [0.3, 0.4) is 0 Å². The molecule has 0 radical (unpaired) electrons. The summed E-state index contributed by atoms with van der Waals surface area (Å²) in [5.74, 6) is 1.15. The second-order valence-electron chi connectivity index (χ2n) is 3.44. The van der Waals surface area contributed by atoms with Gasteiger partial charge in [-0.15, -0.1) is 6.58 Å². The standard InChI is InChI=1S/C10H16O/c1-3-4-5-9-7-6-8(2)10(9)11/h3,8-9H,1,4-7H2,2H3/t8-,9-/m0/s1. The SMILES string of the molecule is C=CCC[C@H]1CC[C@H](C)C1=O. The number of carbonyl (C=O) groups excluding carboxylic acids is 1. The van der Waals surface area contributed by atoms with Crippen LogP contribution < -0.4 is 0 Å². The molecule has 62 valence electrons. The van der Waals surface area contributed by atoms with Crippen LogP contribution in [0.1, 0.15) is 32.6 Å². The van der Waals surface area contributed by atoms with Gasteiger partial charge in [-0.1, -0.05) is 13.0 Å². The number of hydrogen-bond acceptors (Lipinski definition) is 1. The normalized spacial score (nSPS) is 30.8. The average molecular weight is 152 g/mol. The summed E-state index contributed by atoms with van der Waals surface area (Å²) in [5, 5.41) is 0. The lowest BCUT2D eigenvalue weighted by atomic mass is 9.99. The van der Waals surface area contributed by atoms with E-state index in [0.29, 0.717) is 17.6 Å². The molecule has 0 heterocycles. The Hall–Kier alpha value is -0.590. The Bertz CT molecular complexity index is 160. The van der Waals surface area contributed by atoms with Crippen LogP contribution in [0.25, 0.3) is 0 Å². The van der Waals surface area contributed by atoms with Crippen molar-refractivity contribution in [1.82, 2.24) is 0 Å². The minimum Gasteiger partial charge on any atom is -0.299 e. The van der Waals surface area contributed by atoms with E-state index in [1.807, 2.05) is 13.0 Å². The van der Waals surface area contributed by atoms with E-state index in [0.717, 1.165) is 25.7 Å². The molecule has 11 heavy (non-hydrogen) atoms. The van der Waals surface area contributed by atoms with Crippen LogP contribution in [0, 0.1) is 11.8 Å². The van der Waals surface area contributed by atoms with Crippen molar-refractivity contribution in [2.24, 2.45) is 11.8 Å². The number of hydrogen-bond donors (Lipinski definition) is 0. The van der Waals surface area contributed by atoms with Gasteiger partial charge in [-0.2, -0.15) is 0 Å². The smallest absolute Gasteiger partial charge is 0.138 e. The van der Waals surface area contributed by atoms with Crippen molar-refractivity contribution in [3.8, 4) is 0 Å². The molecular weight excluding hydrogens is 136 g/mol. The molecule has 0 spiro atoms. The highest BCUT2D eigenvalue weighted by molar-refractivity contribution is 5.84. The van der Waals surface area contributed by atoms with Crippen molar-refractivity contribution < 1.29 is 4.79 Å². The lowest BCUT2D eigenvalue weighted by Crippen LogP contribution is -2.11. The summed E-state index contributed by atoms with van der Waals surface area (Å²) >= 11 is 0. The summed E-state index contributed by atoms with van der Waals surface area (Å²) in [5.41, 5.74) is 0. The monoisotopic (exact) mass is 152 g/mol. The van der Waals surface area contributed by atoms with Gasteiger partial charge < -0.3 is 0 Å². The maximum atomic E-state index is 11.4. The van der Waals surface area contributed by atoms with E-state index in [2.05, 4.69) is 6.58 Å². The third-order valence-corrected chi connectivity index (χ3v) is 2.56. The van der Waals surface area contributed by atoms with Crippen molar-refractivity contribution in [3.63, 3.8) is 0 Å². The summed E-state index contributed by atoms with van der Waals surface area (Å²) in [4.78, 5) is 11.4. The van der Waals surface area contributed by atoms with Crippen LogP contribution in [-0.4, -0.2) is 5.78 Å². The van der Waals surface area contributed by atoms with Gasteiger partial charge in [0.1, 0.15) is 5.78 Å². The van der Waals surface area contributed by atoms with Crippen LogP contribution >= 0.6 is 0 Å². The summed E-state index contributed by atoms with van der Waals surface area (Å²) in [6.45, 7) is 5.69.